The maximum Gasteiger partial charge on any atom is 0.272 e. The van der Waals surface area contributed by atoms with Crippen molar-refractivity contribution < 1.29 is 14.1 Å². The van der Waals surface area contributed by atoms with E-state index >= 15 is 0 Å². The number of nitrogens with zero attached hydrogens (tertiary/aromatic N) is 5. The molecule has 0 unspecified atom stereocenters. The van der Waals surface area contributed by atoms with E-state index in [9.17, 15) is 19.3 Å². The van der Waals surface area contributed by atoms with Crippen molar-refractivity contribution in [3.8, 4) is 0 Å². The van der Waals surface area contributed by atoms with Crippen LogP contribution in [0.15, 0.2) is 24.5 Å². The fraction of sp³-hybridized carbons (Fsp3) is 0.438. The second kappa shape index (κ2) is 6.96. The molecule has 9 heteroatoms. The molecule has 0 radical (unpaired) electrons. The highest BCUT2D eigenvalue weighted by Crippen LogP contribution is 2.28. The highest BCUT2D eigenvalue weighted by atomic mass is 19.1. The predicted molar refractivity (Wildman–Crippen MR) is 86.6 cm³/mol. The lowest BCUT2D eigenvalue weighted by Gasteiger charge is -2.31. The van der Waals surface area contributed by atoms with Crippen molar-refractivity contribution >= 4 is 11.6 Å². The number of piperidine rings is 1. The second-order valence-corrected chi connectivity index (χ2v) is 5.96. The van der Waals surface area contributed by atoms with E-state index in [4.69, 9.17) is 0 Å². The number of halogens is 1. The SMILES string of the molecule is CCn1cnnc1C1CCN(C(=O)c2ccc([N+](=O)[O-])cc2F)CC1. The fourth-order valence-corrected chi connectivity index (χ4v) is 3.13. The number of benzene rings is 1. The number of nitro benzene ring substituents is 1. The second-order valence-electron chi connectivity index (χ2n) is 5.96. The van der Waals surface area contributed by atoms with E-state index in [1.165, 1.54) is 6.07 Å². The van der Waals surface area contributed by atoms with Crippen LogP contribution in [0.4, 0.5) is 10.1 Å². The quantitative estimate of drug-likeness (QED) is 0.625. The number of aromatic nitrogens is 3. The Morgan fingerprint density at radius 1 is 1.40 bits per heavy atom. The molecule has 3 rings (SSSR count). The van der Waals surface area contributed by atoms with E-state index in [2.05, 4.69) is 10.2 Å². The van der Waals surface area contributed by atoms with Gasteiger partial charge in [-0.1, -0.05) is 0 Å². The van der Waals surface area contributed by atoms with Crippen molar-refractivity contribution in [1.29, 1.82) is 0 Å². The van der Waals surface area contributed by atoms with Crippen LogP contribution in [0.1, 0.15) is 41.9 Å². The Morgan fingerprint density at radius 3 is 2.72 bits per heavy atom. The van der Waals surface area contributed by atoms with Crippen molar-refractivity contribution in [2.45, 2.75) is 32.2 Å². The van der Waals surface area contributed by atoms with Gasteiger partial charge in [-0.25, -0.2) is 4.39 Å². The smallest absolute Gasteiger partial charge is 0.272 e. The standard InChI is InChI=1S/C16H18FN5O3/c1-2-20-10-18-19-15(20)11-5-7-21(8-6-11)16(23)13-4-3-12(22(24)25)9-14(13)17/h3-4,9-11H,2,5-8H2,1H3. The Balaban J connectivity index is 1.68. The number of hydrogen-bond donors (Lipinski definition) is 0. The van der Waals surface area contributed by atoms with Gasteiger partial charge in [0.05, 0.1) is 16.6 Å². The lowest BCUT2D eigenvalue weighted by molar-refractivity contribution is -0.385. The van der Waals surface area contributed by atoms with Crippen molar-refractivity contribution in [1.82, 2.24) is 19.7 Å². The van der Waals surface area contributed by atoms with E-state index in [1.54, 1.807) is 11.2 Å². The molecule has 0 aliphatic carbocycles. The van der Waals surface area contributed by atoms with E-state index in [0.717, 1.165) is 37.3 Å². The zero-order valence-electron chi connectivity index (χ0n) is 13.8. The van der Waals surface area contributed by atoms with Crippen LogP contribution < -0.4 is 0 Å². The largest absolute Gasteiger partial charge is 0.339 e. The van der Waals surface area contributed by atoms with Gasteiger partial charge in [0.15, 0.2) is 0 Å². The Morgan fingerprint density at radius 2 is 2.12 bits per heavy atom. The summed E-state index contributed by atoms with van der Waals surface area (Å²) in [5, 5.41) is 18.8. The molecule has 1 saturated heterocycles. The van der Waals surface area contributed by atoms with Gasteiger partial charge in [0.2, 0.25) is 0 Å². The molecule has 0 bridgehead atoms. The molecule has 1 fully saturated rings. The maximum absolute atomic E-state index is 14.0. The zero-order valence-corrected chi connectivity index (χ0v) is 13.8. The average Bonchev–Trinajstić information content (AvgIpc) is 3.10. The lowest BCUT2D eigenvalue weighted by Crippen LogP contribution is -2.38. The van der Waals surface area contributed by atoms with Crippen LogP contribution in [0.3, 0.4) is 0 Å². The number of aryl methyl sites for hydroxylation is 1. The summed E-state index contributed by atoms with van der Waals surface area (Å²) in [6, 6.07) is 3.10. The molecule has 1 aromatic carbocycles. The van der Waals surface area contributed by atoms with Gasteiger partial charge in [0, 0.05) is 31.6 Å². The van der Waals surface area contributed by atoms with Crippen molar-refractivity contribution in [3.05, 3.63) is 51.8 Å². The topological polar surface area (TPSA) is 94.2 Å². The number of carbonyl (C=O) groups is 1. The molecule has 2 aromatic rings. The molecule has 1 amide bonds. The molecular formula is C16H18FN5O3. The molecule has 0 spiro atoms. The van der Waals surface area contributed by atoms with Crippen LogP contribution >= 0.6 is 0 Å². The summed E-state index contributed by atoms with van der Waals surface area (Å²) in [5.74, 6) is -0.181. The predicted octanol–water partition coefficient (Wildman–Crippen LogP) is 2.37. The summed E-state index contributed by atoms with van der Waals surface area (Å²) in [6.07, 6.45) is 3.14. The summed E-state index contributed by atoms with van der Waals surface area (Å²) in [4.78, 5) is 24.1. The third-order valence-electron chi connectivity index (χ3n) is 4.53. The first-order valence-electron chi connectivity index (χ1n) is 8.12. The normalized spacial score (nSPS) is 15.4. The zero-order chi connectivity index (χ0) is 18.0. The summed E-state index contributed by atoms with van der Waals surface area (Å²) < 4.78 is 16.0. The first-order chi connectivity index (χ1) is 12.0. The number of nitro groups is 1. The molecule has 0 N–H and O–H groups in total. The van der Waals surface area contributed by atoms with Crippen LogP contribution in [0, 0.1) is 15.9 Å². The molecule has 25 heavy (non-hydrogen) atoms. The van der Waals surface area contributed by atoms with Crippen LogP contribution in [0.25, 0.3) is 0 Å². The molecule has 2 heterocycles. The number of hydrogen-bond acceptors (Lipinski definition) is 5. The van der Waals surface area contributed by atoms with Crippen LogP contribution in [0.2, 0.25) is 0 Å². The molecule has 132 valence electrons. The molecule has 1 aliphatic heterocycles. The van der Waals surface area contributed by atoms with Crippen LogP contribution in [-0.4, -0.2) is 43.6 Å². The molecule has 1 aliphatic rings. The van der Waals surface area contributed by atoms with E-state index < -0.39 is 16.6 Å². The number of likely N-dealkylation sites (tertiary alicyclic amines) is 1. The molecule has 0 atom stereocenters. The van der Waals surface area contributed by atoms with E-state index in [1.807, 2.05) is 11.5 Å². The fourth-order valence-electron chi connectivity index (χ4n) is 3.13. The summed E-state index contributed by atoms with van der Waals surface area (Å²) >= 11 is 0. The van der Waals surface area contributed by atoms with Gasteiger partial charge in [-0.2, -0.15) is 0 Å². The van der Waals surface area contributed by atoms with Crippen molar-refractivity contribution in [2.24, 2.45) is 0 Å². The van der Waals surface area contributed by atoms with Crippen LogP contribution in [-0.2, 0) is 6.54 Å². The van der Waals surface area contributed by atoms with Gasteiger partial charge in [0.1, 0.15) is 18.0 Å². The van der Waals surface area contributed by atoms with Crippen molar-refractivity contribution in [3.63, 3.8) is 0 Å². The Kier molecular flexibility index (Phi) is 4.73. The lowest BCUT2D eigenvalue weighted by atomic mass is 9.95. The Bertz CT molecular complexity index is 799. The van der Waals surface area contributed by atoms with Gasteiger partial charge >= 0.3 is 0 Å². The first kappa shape index (κ1) is 17.0. The highest BCUT2D eigenvalue weighted by molar-refractivity contribution is 5.94. The molecular weight excluding hydrogens is 329 g/mol. The number of non-ortho nitro benzene ring substituents is 1. The van der Waals surface area contributed by atoms with Gasteiger partial charge in [-0.3, -0.25) is 14.9 Å². The van der Waals surface area contributed by atoms with Gasteiger partial charge in [0.25, 0.3) is 11.6 Å². The summed E-state index contributed by atoms with van der Waals surface area (Å²) in [5.41, 5.74) is -0.507. The third kappa shape index (κ3) is 3.35. The minimum absolute atomic E-state index is 0.138. The molecule has 0 saturated carbocycles. The minimum atomic E-state index is -0.868. The maximum atomic E-state index is 14.0. The van der Waals surface area contributed by atoms with E-state index in [-0.39, 0.29) is 17.2 Å². The Labute approximate surface area is 143 Å². The van der Waals surface area contributed by atoms with Gasteiger partial charge in [-0.15, -0.1) is 10.2 Å². The van der Waals surface area contributed by atoms with Gasteiger partial charge in [-0.05, 0) is 25.8 Å². The summed E-state index contributed by atoms with van der Waals surface area (Å²) in [6.45, 7) is 3.77. The third-order valence-corrected chi connectivity index (χ3v) is 4.53. The average molecular weight is 347 g/mol. The van der Waals surface area contributed by atoms with Crippen molar-refractivity contribution in [2.75, 3.05) is 13.1 Å². The summed E-state index contributed by atoms with van der Waals surface area (Å²) in [7, 11) is 0. The molecule has 1 aromatic heterocycles. The van der Waals surface area contributed by atoms with Gasteiger partial charge < -0.3 is 9.47 Å². The first-order valence-corrected chi connectivity index (χ1v) is 8.12. The highest BCUT2D eigenvalue weighted by Gasteiger charge is 2.28. The van der Waals surface area contributed by atoms with Crippen LogP contribution in [0.5, 0.6) is 0 Å². The number of rotatable bonds is 4. The number of carbonyl (C=O) groups excluding carboxylic acids is 1. The Hall–Kier alpha value is -2.84. The minimum Gasteiger partial charge on any atom is -0.339 e. The van der Waals surface area contributed by atoms with E-state index in [0.29, 0.717) is 13.1 Å². The monoisotopic (exact) mass is 347 g/mol. The number of amides is 1. The molecule has 8 nitrogen and oxygen atoms in total.